The topological polar surface area (TPSA) is 151 Å². The summed E-state index contributed by atoms with van der Waals surface area (Å²) in [6.07, 6.45) is 0. The van der Waals surface area contributed by atoms with Gasteiger partial charge in [0.05, 0.1) is 10.6 Å². The van der Waals surface area contributed by atoms with Crippen molar-refractivity contribution in [3.8, 4) is 0 Å². The van der Waals surface area contributed by atoms with Crippen molar-refractivity contribution < 1.29 is 13.7 Å². The molecule has 0 aliphatic rings. The molecule has 8 nitrogen and oxygen atoms in total. The molecule has 0 amide bonds. The first-order chi connectivity index (χ1) is 9.59. The van der Waals surface area contributed by atoms with Crippen LogP contribution in [0.15, 0.2) is 23.1 Å². The molecule has 0 aliphatic carbocycles. The van der Waals surface area contributed by atoms with Gasteiger partial charge >= 0.3 is 0 Å². The van der Waals surface area contributed by atoms with Crippen LogP contribution in [0.2, 0.25) is 15.9 Å². The van der Waals surface area contributed by atoms with Crippen LogP contribution in [0, 0.1) is 0 Å². The van der Waals surface area contributed by atoms with E-state index in [9.17, 15) is 0 Å². The van der Waals surface area contributed by atoms with E-state index in [-0.39, 0.29) is 26.4 Å². The van der Waals surface area contributed by atoms with E-state index in [0.29, 0.717) is 5.69 Å². The molecule has 1 heterocycles. The van der Waals surface area contributed by atoms with Crippen LogP contribution in [0.5, 0.6) is 0 Å². The van der Waals surface area contributed by atoms with Gasteiger partial charge in [0.1, 0.15) is 10.9 Å². The van der Waals surface area contributed by atoms with Crippen LogP contribution >= 0.6 is 45.7 Å². The minimum Gasteiger partial charge on any atom is -0.399 e. The number of anilines is 2. The number of hydrogen-bond donors (Lipinski definition) is 5. The van der Waals surface area contributed by atoms with Gasteiger partial charge in [0, 0.05) is 5.69 Å². The van der Waals surface area contributed by atoms with Gasteiger partial charge in [0.15, 0.2) is 0 Å². The molecule has 0 unspecified atom stereocenters. The highest BCUT2D eigenvalue weighted by atomic mass is 35.5. The van der Waals surface area contributed by atoms with E-state index in [4.69, 9.17) is 59.9 Å². The maximum atomic E-state index is 8.83. The van der Waals surface area contributed by atoms with Crippen LogP contribution < -0.4 is 11.5 Å². The molecule has 1 aromatic heterocycles. The Morgan fingerprint density at radius 3 is 1.62 bits per heavy atom. The summed E-state index contributed by atoms with van der Waals surface area (Å²) in [5, 5.41) is 0.00000000000000178. The molecule has 21 heavy (non-hydrogen) atoms. The summed E-state index contributed by atoms with van der Waals surface area (Å²) in [6.45, 7) is 0. The van der Waals surface area contributed by atoms with E-state index in [2.05, 4.69) is 15.0 Å². The fourth-order valence-electron chi connectivity index (χ4n) is 1.12. The van der Waals surface area contributed by atoms with Crippen LogP contribution in [0.1, 0.15) is 0 Å². The molecule has 0 fully saturated rings. The van der Waals surface area contributed by atoms with Gasteiger partial charge in [-0.1, -0.05) is 0 Å². The van der Waals surface area contributed by atoms with E-state index in [1.807, 2.05) is 0 Å². The fourth-order valence-corrected chi connectivity index (χ4v) is 2.36. The first-order valence-corrected chi connectivity index (χ1v) is 7.61. The summed E-state index contributed by atoms with van der Waals surface area (Å²) >= 11 is 16.0. The molecule has 0 atom stereocenters. The lowest BCUT2D eigenvalue weighted by atomic mass is 10.3. The van der Waals surface area contributed by atoms with E-state index in [1.54, 1.807) is 0 Å². The summed E-state index contributed by atoms with van der Waals surface area (Å²) in [4.78, 5) is 10.3. The van der Waals surface area contributed by atoms with E-state index in [0.717, 1.165) is 0 Å². The molecule has 2 aromatic rings. The molecule has 0 saturated carbocycles. The highest BCUT2D eigenvalue weighted by molar-refractivity contribution is 8.19. The quantitative estimate of drug-likeness (QED) is 0.477. The van der Waals surface area contributed by atoms with Gasteiger partial charge in [-0.05, 0) is 53.0 Å². The summed E-state index contributed by atoms with van der Waals surface area (Å²) in [7, 11) is -3.73. The minimum absolute atomic E-state index is 0.000000000000000444. The predicted molar refractivity (Wildman–Crippen MR) is 83.9 cm³/mol. The Kier molecular flexibility index (Phi) is 6.23. The molecule has 7 N–H and O–H groups in total. The van der Waals surface area contributed by atoms with Crippen molar-refractivity contribution in [3.05, 3.63) is 34.0 Å². The van der Waals surface area contributed by atoms with Crippen LogP contribution in [0.4, 0.5) is 11.4 Å². The van der Waals surface area contributed by atoms with Crippen molar-refractivity contribution in [2.45, 2.75) is 4.90 Å². The second kappa shape index (κ2) is 7.27. The third-order valence-corrected chi connectivity index (χ3v) is 3.35. The van der Waals surface area contributed by atoms with Crippen molar-refractivity contribution in [2.24, 2.45) is 0 Å². The first kappa shape index (κ1) is 18.0. The summed E-state index contributed by atoms with van der Waals surface area (Å²) < 4.78 is 26.5. The van der Waals surface area contributed by atoms with Gasteiger partial charge in [-0.25, -0.2) is 0 Å². The lowest BCUT2D eigenvalue weighted by Crippen LogP contribution is -2.01. The number of benzene rings is 1. The van der Waals surface area contributed by atoms with Crippen molar-refractivity contribution in [2.75, 3.05) is 11.5 Å². The zero-order chi connectivity index (χ0) is 16.2. The Balaban J connectivity index is 0.000000219. The molecule has 1 aromatic carbocycles. The number of halogens is 3. The SMILES string of the molecule is Clc1nc(Cl)nc(Cl)n1.Nc1ccc(S(O)(O)O)c(N)c1. The van der Waals surface area contributed by atoms with Crippen molar-refractivity contribution in [1.29, 1.82) is 0 Å². The molecule has 116 valence electrons. The number of nitrogens with two attached hydrogens (primary N) is 2. The molecule has 0 saturated heterocycles. The van der Waals surface area contributed by atoms with E-state index in [1.165, 1.54) is 18.2 Å². The fraction of sp³-hybridized carbons (Fsp3) is 0. The Bertz CT molecular complexity index is 590. The van der Waals surface area contributed by atoms with Crippen LogP contribution in [-0.4, -0.2) is 28.6 Å². The van der Waals surface area contributed by atoms with Gasteiger partial charge in [-0.15, -0.1) is 0 Å². The largest absolute Gasteiger partial charge is 0.399 e. The molecule has 0 bridgehead atoms. The normalized spacial score (nSPS) is 11.5. The number of nitrogen functional groups attached to an aromatic ring is 2. The standard InChI is InChI=1S/C6H10N2O3S.C3Cl3N3/c7-4-1-2-6(5(8)3-4)12(9,10)11;4-1-7-2(5)9-3(6)8-1/h1-3,9-11H,7-8H2;. The monoisotopic (exact) mass is 373 g/mol. The van der Waals surface area contributed by atoms with E-state index < -0.39 is 10.9 Å². The van der Waals surface area contributed by atoms with Gasteiger partial charge in [0.25, 0.3) is 0 Å². The zero-order valence-electron chi connectivity index (χ0n) is 10.1. The average molecular weight is 375 g/mol. The van der Waals surface area contributed by atoms with Gasteiger partial charge in [0.2, 0.25) is 15.9 Å². The van der Waals surface area contributed by atoms with E-state index >= 15 is 0 Å². The lowest BCUT2D eigenvalue weighted by Gasteiger charge is -2.20. The Labute approximate surface area is 136 Å². The Hall–Kier alpha value is -1.07. The Morgan fingerprint density at radius 2 is 1.29 bits per heavy atom. The molecule has 12 heteroatoms. The summed E-state index contributed by atoms with van der Waals surface area (Å²) in [6, 6.07) is 4.05. The molecule has 0 radical (unpaired) electrons. The van der Waals surface area contributed by atoms with Crippen LogP contribution in [0.25, 0.3) is 0 Å². The molecular weight excluding hydrogens is 365 g/mol. The predicted octanol–water partition coefficient (Wildman–Crippen LogP) is 3.27. The summed E-state index contributed by atoms with van der Waals surface area (Å²) in [5.74, 6) is 0. The minimum atomic E-state index is -3.73. The lowest BCUT2D eigenvalue weighted by molar-refractivity contribution is 0.376. The molecule has 0 spiro atoms. The number of rotatable bonds is 1. The molecule has 2 rings (SSSR count). The summed E-state index contributed by atoms with van der Waals surface area (Å²) in [5.41, 5.74) is 11.2. The first-order valence-electron chi connectivity index (χ1n) is 4.98. The number of hydrogen-bond acceptors (Lipinski definition) is 8. The van der Waals surface area contributed by atoms with Crippen LogP contribution in [0.3, 0.4) is 0 Å². The number of nitrogens with zero attached hydrogens (tertiary/aromatic N) is 3. The molecular formula is C9H10Cl3N5O3S. The Morgan fingerprint density at radius 1 is 0.857 bits per heavy atom. The van der Waals surface area contributed by atoms with Gasteiger partial charge in [-0.3, -0.25) is 0 Å². The van der Waals surface area contributed by atoms with Gasteiger partial charge in [-0.2, -0.15) is 15.0 Å². The third kappa shape index (κ3) is 6.06. The second-order valence-corrected chi connectivity index (χ2v) is 5.95. The zero-order valence-corrected chi connectivity index (χ0v) is 13.2. The molecule has 0 aliphatic heterocycles. The van der Waals surface area contributed by atoms with Gasteiger partial charge < -0.3 is 25.1 Å². The second-order valence-electron chi connectivity index (χ2n) is 3.46. The van der Waals surface area contributed by atoms with Crippen molar-refractivity contribution in [3.63, 3.8) is 0 Å². The van der Waals surface area contributed by atoms with Crippen LogP contribution in [-0.2, 0) is 0 Å². The highest BCUT2D eigenvalue weighted by Crippen LogP contribution is 2.46. The highest BCUT2D eigenvalue weighted by Gasteiger charge is 2.18. The van der Waals surface area contributed by atoms with Crippen molar-refractivity contribution in [1.82, 2.24) is 15.0 Å². The number of aromatic nitrogens is 3. The maximum absolute atomic E-state index is 8.83. The third-order valence-electron chi connectivity index (χ3n) is 1.88. The smallest absolute Gasteiger partial charge is 0.227 e. The van der Waals surface area contributed by atoms with Crippen molar-refractivity contribution >= 4 is 57.0 Å². The average Bonchev–Trinajstić information content (AvgIpc) is 2.25. The maximum Gasteiger partial charge on any atom is 0.227 e.